The van der Waals surface area contributed by atoms with Gasteiger partial charge in [0.05, 0.1) is 23.7 Å². The quantitative estimate of drug-likeness (QED) is 0.754. The molecule has 0 spiro atoms. The van der Waals surface area contributed by atoms with Crippen LogP contribution in [0.5, 0.6) is 0 Å². The lowest BCUT2D eigenvalue weighted by atomic mass is 10.2. The summed E-state index contributed by atoms with van der Waals surface area (Å²) in [5, 5.41) is 0. The molecule has 1 heterocycles. The van der Waals surface area contributed by atoms with E-state index in [0.29, 0.717) is 12.5 Å². The van der Waals surface area contributed by atoms with Crippen molar-refractivity contribution in [3.05, 3.63) is 29.6 Å². The molecule has 1 aromatic heterocycles. The molecule has 0 amide bonds. The smallest absolute Gasteiger partial charge is 0.111 e. The Morgan fingerprint density at radius 1 is 1.42 bits per heavy atom. The minimum absolute atomic E-state index is 0.268. The van der Waals surface area contributed by atoms with E-state index in [9.17, 15) is 0 Å². The van der Waals surface area contributed by atoms with Gasteiger partial charge in [-0.1, -0.05) is 12.1 Å². The molecule has 0 N–H and O–H groups in total. The average molecular weight is 281 g/mol. The van der Waals surface area contributed by atoms with Crippen LogP contribution in [0.15, 0.2) is 18.2 Å². The standard InChI is InChI=1S/C15H21ClN2O/c1-4-19-10-12(3)18-13-7-5-6-11(2)15(13)17-14(18)8-9-16/h5-7,12H,4,8-10H2,1-3H3. The molecule has 1 unspecified atom stereocenters. The van der Waals surface area contributed by atoms with Crippen LogP contribution < -0.4 is 0 Å². The zero-order valence-corrected chi connectivity index (χ0v) is 12.6. The van der Waals surface area contributed by atoms with Gasteiger partial charge in [0.1, 0.15) is 5.82 Å². The van der Waals surface area contributed by atoms with E-state index < -0.39 is 0 Å². The predicted octanol–water partition coefficient (Wildman–Crippen LogP) is 3.72. The fraction of sp³-hybridized carbons (Fsp3) is 0.533. The van der Waals surface area contributed by atoms with Crippen molar-refractivity contribution in [2.45, 2.75) is 33.2 Å². The van der Waals surface area contributed by atoms with Crippen molar-refractivity contribution in [2.24, 2.45) is 0 Å². The lowest BCUT2D eigenvalue weighted by Gasteiger charge is -2.17. The first-order valence-electron chi connectivity index (χ1n) is 6.79. The number of benzene rings is 1. The van der Waals surface area contributed by atoms with Gasteiger partial charge in [-0.2, -0.15) is 0 Å². The Kier molecular flexibility index (Phi) is 4.83. The Labute approximate surface area is 119 Å². The first-order valence-corrected chi connectivity index (χ1v) is 7.32. The van der Waals surface area contributed by atoms with Crippen molar-refractivity contribution >= 4 is 22.6 Å². The molecule has 1 aromatic carbocycles. The highest BCUT2D eigenvalue weighted by atomic mass is 35.5. The van der Waals surface area contributed by atoms with Gasteiger partial charge < -0.3 is 9.30 Å². The van der Waals surface area contributed by atoms with Crippen molar-refractivity contribution < 1.29 is 4.74 Å². The molecular weight excluding hydrogens is 260 g/mol. The molecule has 2 rings (SSSR count). The number of aromatic nitrogens is 2. The van der Waals surface area contributed by atoms with Crippen LogP contribution in [0, 0.1) is 6.92 Å². The normalized spacial score (nSPS) is 13.1. The topological polar surface area (TPSA) is 27.1 Å². The largest absolute Gasteiger partial charge is 0.380 e. The second-order valence-electron chi connectivity index (χ2n) is 4.79. The molecule has 0 fully saturated rings. The number of imidazole rings is 1. The SMILES string of the molecule is CCOCC(C)n1c(CCCl)nc2c(C)cccc21. The molecule has 0 saturated carbocycles. The van der Waals surface area contributed by atoms with Crippen molar-refractivity contribution in [1.82, 2.24) is 9.55 Å². The molecule has 0 aliphatic carbocycles. The van der Waals surface area contributed by atoms with E-state index in [-0.39, 0.29) is 6.04 Å². The third-order valence-electron chi connectivity index (χ3n) is 3.32. The van der Waals surface area contributed by atoms with Crippen LogP contribution in [-0.2, 0) is 11.2 Å². The molecule has 0 aliphatic rings. The van der Waals surface area contributed by atoms with E-state index in [1.807, 2.05) is 6.92 Å². The monoisotopic (exact) mass is 280 g/mol. The predicted molar refractivity (Wildman–Crippen MR) is 80.1 cm³/mol. The maximum atomic E-state index is 5.90. The van der Waals surface area contributed by atoms with Crippen LogP contribution in [-0.4, -0.2) is 28.6 Å². The third kappa shape index (κ3) is 2.93. The van der Waals surface area contributed by atoms with Gasteiger partial charge >= 0.3 is 0 Å². The summed E-state index contributed by atoms with van der Waals surface area (Å²) in [5.41, 5.74) is 3.45. The summed E-state index contributed by atoms with van der Waals surface area (Å²) in [7, 11) is 0. The number of aryl methyl sites for hydroxylation is 2. The summed E-state index contributed by atoms with van der Waals surface area (Å²) in [6.07, 6.45) is 0.784. The molecule has 4 heteroatoms. The van der Waals surface area contributed by atoms with E-state index in [1.165, 1.54) is 11.1 Å². The Balaban J connectivity index is 2.48. The molecule has 2 aromatic rings. The number of ether oxygens (including phenoxy) is 1. The van der Waals surface area contributed by atoms with Gasteiger partial charge in [0.2, 0.25) is 0 Å². The van der Waals surface area contributed by atoms with E-state index >= 15 is 0 Å². The maximum absolute atomic E-state index is 5.90. The molecule has 3 nitrogen and oxygen atoms in total. The Hall–Kier alpha value is -1.06. The number of fused-ring (bicyclic) bond motifs is 1. The first kappa shape index (κ1) is 14.4. The van der Waals surface area contributed by atoms with Crippen LogP contribution >= 0.6 is 11.6 Å². The molecule has 1 atom stereocenters. The number of para-hydroxylation sites is 1. The summed E-state index contributed by atoms with van der Waals surface area (Å²) in [6, 6.07) is 6.56. The lowest BCUT2D eigenvalue weighted by Crippen LogP contribution is -2.15. The Morgan fingerprint density at radius 3 is 2.89 bits per heavy atom. The van der Waals surface area contributed by atoms with Crippen LogP contribution in [0.2, 0.25) is 0 Å². The van der Waals surface area contributed by atoms with Crippen molar-refractivity contribution in [3.8, 4) is 0 Å². The molecule has 0 bridgehead atoms. The van der Waals surface area contributed by atoms with E-state index in [4.69, 9.17) is 21.3 Å². The van der Waals surface area contributed by atoms with Gasteiger partial charge in [-0.05, 0) is 32.4 Å². The number of alkyl halides is 1. The highest BCUT2D eigenvalue weighted by Crippen LogP contribution is 2.24. The fourth-order valence-electron chi connectivity index (χ4n) is 2.42. The highest BCUT2D eigenvalue weighted by molar-refractivity contribution is 6.17. The maximum Gasteiger partial charge on any atom is 0.111 e. The van der Waals surface area contributed by atoms with Gasteiger partial charge in [-0.15, -0.1) is 11.6 Å². The molecular formula is C15H21ClN2O. The van der Waals surface area contributed by atoms with Gasteiger partial charge in [-0.25, -0.2) is 4.98 Å². The van der Waals surface area contributed by atoms with Crippen molar-refractivity contribution in [1.29, 1.82) is 0 Å². The number of nitrogens with zero attached hydrogens (tertiary/aromatic N) is 2. The van der Waals surface area contributed by atoms with Crippen LogP contribution in [0.1, 0.15) is 31.3 Å². The summed E-state index contributed by atoms with van der Waals surface area (Å²) >= 11 is 5.90. The molecule has 104 valence electrons. The first-order chi connectivity index (χ1) is 9.19. The van der Waals surface area contributed by atoms with Crippen molar-refractivity contribution in [2.75, 3.05) is 19.1 Å². The lowest BCUT2D eigenvalue weighted by molar-refractivity contribution is 0.119. The zero-order chi connectivity index (χ0) is 13.8. The summed E-state index contributed by atoms with van der Waals surface area (Å²) in [4.78, 5) is 4.75. The van der Waals surface area contributed by atoms with Crippen LogP contribution in [0.3, 0.4) is 0 Å². The number of hydrogen-bond donors (Lipinski definition) is 0. The third-order valence-corrected chi connectivity index (χ3v) is 3.51. The highest BCUT2D eigenvalue weighted by Gasteiger charge is 2.16. The summed E-state index contributed by atoms with van der Waals surface area (Å²) < 4.78 is 7.81. The van der Waals surface area contributed by atoms with Gasteiger partial charge in [0, 0.05) is 18.9 Å². The second kappa shape index (κ2) is 6.40. The van der Waals surface area contributed by atoms with Gasteiger partial charge in [0.15, 0.2) is 0 Å². The average Bonchev–Trinajstić information content (AvgIpc) is 2.76. The number of halogens is 1. The number of rotatable bonds is 6. The Morgan fingerprint density at radius 2 is 2.21 bits per heavy atom. The van der Waals surface area contributed by atoms with E-state index in [0.717, 1.165) is 24.4 Å². The minimum Gasteiger partial charge on any atom is -0.380 e. The van der Waals surface area contributed by atoms with E-state index in [1.54, 1.807) is 0 Å². The van der Waals surface area contributed by atoms with Gasteiger partial charge in [-0.3, -0.25) is 0 Å². The minimum atomic E-state index is 0.268. The fourth-order valence-corrected chi connectivity index (χ4v) is 2.59. The van der Waals surface area contributed by atoms with E-state index in [2.05, 4.69) is 36.6 Å². The van der Waals surface area contributed by atoms with Gasteiger partial charge in [0.25, 0.3) is 0 Å². The summed E-state index contributed by atoms with van der Waals surface area (Å²) in [5.74, 6) is 1.63. The Bertz CT molecular complexity index is 550. The van der Waals surface area contributed by atoms with Crippen LogP contribution in [0.4, 0.5) is 0 Å². The molecule has 0 radical (unpaired) electrons. The second-order valence-corrected chi connectivity index (χ2v) is 5.17. The van der Waals surface area contributed by atoms with Crippen LogP contribution in [0.25, 0.3) is 11.0 Å². The molecule has 0 aliphatic heterocycles. The molecule has 0 saturated heterocycles. The zero-order valence-electron chi connectivity index (χ0n) is 11.8. The number of hydrogen-bond acceptors (Lipinski definition) is 2. The van der Waals surface area contributed by atoms with Crippen molar-refractivity contribution in [3.63, 3.8) is 0 Å². The summed E-state index contributed by atoms with van der Waals surface area (Å²) in [6.45, 7) is 7.71. The molecule has 19 heavy (non-hydrogen) atoms.